The number of rotatable bonds is 9. The first kappa shape index (κ1) is 27.2. The van der Waals surface area contributed by atoms with E-state index in [2.05, 4.69) is 15.2 Å². The van der Waals surface area contributed by atoms with Crippen molar-refractivity contribution >= 4 is 52.2 Å². The summed E-state index contributed by atoms with van der Waals surface area (Å²) in [4.78, 5) is 24.7. The van der Waals surface area contributed by atoms with E-state index in [1.807, 2.05) is 35.9 Å². The molecule has 0 unspecified atom stereocenters. The van der Waals surface area contributed by atoms with Crippen molar-refractivity contribution < 1.29 is 14.3 Å². The monoisotopic (exact) mass is 567 g/mol. The SMILES string of the molecule is CCC=N/C=C(\C=N)c1nn(-c2ccccc2Cl)c2c1CCc1nc(NC(=O)OCCN3CCOCC3)sc1-2. The first-order chi connectivity index (χ1) is 19.1. The molecule has 5 rings (SSSR count). The molecule has 1 saturated heterocycles. The van der Waals surface area contributed by atoms with Gasteiger partial charge in [-0.05, 0) is 31.4 Å². The minimum Gasteiger partial charge on any atom is -0.448 e. The fraction of sp³-hybridized carbons (Fsp3) is 0.370. The number of thiazole rings is 1. The zero-order valence-corrected chi connectivity index (χ0v) is 23.2. The Kier molecular flexibility index (Phi) is 8.82. The van der Waals surface area contributed by atoms with Gasteiger partial charge in [0.25, 0.3) is 0 Å². The third-order valence-electron chi connectivity index (χ3n) is 6.47. The Morgan fingerprint density at radius 3 is 2.90 bits per heavy atom. The number of hydrogen-bond donors (Lipinski definition) is 2. The van der Waals surface area contributed by atoms with Crippen LogP contribution >= 0.6 is 22.9 Å². The zero-order valence-electron chi connectivity index (χ0n) is 21.7. The van der Waals surface area contributed by atoms with Gasteiger partial charge in [0.1, 0.15) is 6.61 Å². The number of morpholine rings is 1. The van der Waals surface area contributed by atoms with Gasteiger partial charge in [-0.25, -0.2) is 14.5 Å². The zero-order chi connectivity index (χ0) is 27.2. The van der Waals surface area contributed by atoms with Crippen molar-refractivity contribution in [3.05, 3.63) is 52.4 Å². The van der Waals surface area contributed by atoms with Gasteiger partial charge in [0, 0.05) is 49.4 Å². The average molecular weight is 568 g/mol. The summed E-state index contributed by atoms with van der Waals surface area (Å²) in [5, 5.41) is 16.8. The third-order valence-corrected chi connectivity index (χ3v) is 7.81. The van der Waals surface area contributed by atoms with Gasteiger partial charge in [-0.3, -0.25) is 15.2 Å². The molecule has 0 bridgehead atoms. The standard InChI is InChI=1S/C27H30ClN7O3S/c1-2-9-30-17-18(16-29)23-19-7-8-21-25(24(19)35(33-23)22-6-4-3-5-20(22)28)39-26(31-21)32-27(36)38-15-12-34-10-13-37-14-11-34/h3-6,9,16-17,29H,2,7-8,10-15H2,1H3,(H,31,32,36)/b18-17+,29-16?,30-9?. The highest BCUT2D eigenvalue weighted by molar-refractivity contribution is 7.19. The Bertz CT molecular complexity index is 1410. The minimum atomic E-state index is -0.530. The number of allylic oxidation sites excluding steroid dienone is 1. The van der Waals surface area contributed by atoms with Crippen molar-refractivity contribution in [3.8, 4) is 16.3 Å². The number of aliphatic imine (C=N–C) groups is 1. The number of nitrogens with one attached hydrogen (secondary N) is 2. The van der Waals surface area contributed by atoms with Crippen LogP contribution in [0, 0.1) is 5.41 Å². The lowest BCUT2D eigenvalue weighted by atomic mass is 9.95. The van der Waals surface area contributed by atoms with Crippen molar-refractivity contribution in [2.45, 2.75) is 26.2 Å². The van der Waals surface area contributed by atoms with Crippen LogP contribution in [-0.4, -0.2) is 77.6 Å². The van der Waals surface area contributed by atoms with Crippen LogP contribution in [0.5, 0.6) is 0 Å². The van der Waals surface area contributed by atoms with E-state index in [4.69, 9.17) is 36.6 Å². The van der Waals surface area contributed by atoms with E-state index in [0.29, 0.717) is 60.6 Å². The van der Waals surface area contributed by atoms with Gasteiger partial charge in [0.15, 0.2) is 5.13 Å². The van der Waals surface area contributed by atoms with E-state index < -0.39 is 6.09 Å². The topological polar surface area (TPSA) is 118 Å². The second-order valence-electron chi connectivity index (χ2n) is 9.02. The highest BCUT2D eigenvalue weighted by Gasteiger charge is 2.31. The molecule has 0 spiro atoms. The molecule has 10 nitrogen and oxygen atoms in total. The molecule has 0 radical (unpaired) electrons. The number of nitrogens with zero attached hydrogens (tertiary/aromatic N) is 5. The Morgan fingerprint density at radius 1 is 1.31 bits per heavy atom. The molecule has 1 aliphatic carbocycles. The van der Waals surface area contributed by atoms with Crippen LogP contribution in [0.2, 0.25) is 5.02 Å². The normalized spacial score (nSPS) is 15.7. The van der Waals surface area contributed by atoms with Gasteiger partial charge in [0.2, 0.25) is 0 Å². The van der Waals surface area contributed by atoms with E-state index in [9.17, 15) is 4.79 Å². The van der Waals surface area contributed by atoms with Crippen molar-refractivity contribution in [2.24, 2.45) is 4.99 Å². The first-order valence-corrected chi connectivity index (χ1v) is 14.1. The lowest BCUT2D eigenvalue weighted by Crippen LogP contribution is -2.38. The molecular weight excluding hydrogens is 538 g/mol. The van der Waals surface area contributed by atoms with Crippen molar-refractivity contribution in [1.82, 2.24) is 19.7 Å². The maximum Gasteiger partial charge on any atom is 0.413 e. The molecule has 3 heterocycles. The molecule has 1 fully saturated rings. The third kappa shape index (κ3) is 6.11. The predicted octanol–water partition coefficient (Wildman–Crippen LogP) is 5.10. The number of amides is 1. The van der Waals surface area contributed by atoms with Gasteiger partial charge in [-0.1, -0.05) is 42.0 Å². The van der Waals surface area contributed by atoms with E-state index in [0.717, 1.165) is 47.0 Å². The number of halogens is 1. The molecule has 204 valence electrons. The quantitative estimate of drug-likeness (QED) is 0.347. The number of hydrogen-bond acceptors (Lipinski definition) is 9. The number of carbonyl (C=O) groups is 1. The van der Waals surface area contributed by atoms with Crippen molar-refractivity contribution in [3.63, 3.8) is 0 Å². The number of carbonyl (C=O) groups excluding carboxylic acids is 1. The number of benzene rings is 1. The molecule has 1 aromatic carbocycles. The van der Waals surface area contributed by atoms with Crippen LogP contribution in [0.4, 0.5) is 9.93 Å². The summed E-state index contributed by atoms with van der Waals surface area (Å²) < 4.78 is 12.6. The van der Waals surface area contributed by atoms with Crippen LogP contribution in [0.3, 0.4) is 0 Å². The van der Waals surface area contributed by atoms with E-state index in [1.165, 1.54) is 17.6 Å². The van der Waals surface area contributed by atoms with Crippen molar-refractivity contribution in [1.29, 1.82) is 5.41 Å². The van der Waals surface area contributed by atoms with Gasteiger partial charge < -0.3 is 14.9 Å². The van der Waals surface area contributed by atoms with Crippen LogP contribution in [0.1, 0.15) is 30.3 Å². The van der Waals surface area contributed by atoms with E-state index >= 15 is 0 Å². The molecule has 1 aliphatic heterocycles. The molecule has 2 aliphatic rings. The Balaban J connectivity index is 1.43. The summed E-state index contributed by atoms with van der Waals surface area (Å²) in [5.74, 6) is 0. The minimum absolute atomic E-state index is 0.295. The molecule has 1 amide bonds. The first-order valence-electron chi connectivity index (χ1n) is 12.9. The largest absolute Gasteiger partial charge is 0.448 e. The number of fused-ring (bicyclic) bond motifs is 3. The Morgan fingerprint density at radius 2 is 2.13 bits per heavy atom. The van der Waals surface area contributed by atoms with Gasteiger partial charge in [-0.2, -0.15) is 5.10 Å². The number of para-hydroxylation sites is 1. The Hall–Kier alpha value is -3.38. The molecule has 0 saturated carbocycles. The lowest BCUT2D eigenvalue weighted by molar-refractivity contribution is 0.0290. The summed E-state index contributed by atoms with van der Waals surface area (Å²) in [5.41, 5.74) is 4.74. The average Bonchev–Trinajstić information content (AvgIpc) is 3.53. The second kappa shape index (κ2) is 12.6. The molecule has 2 aromatic heterocycles. The highest BCUT2D eigenvalue weighted by Crippen LogP contribution is 2.43. The maximum atomic E-state index is 12.5. The maximum absolute atomic E-state index is 12.5. The number of aryl methyl sites for hydroxylation is 1. The van der Waals surface area contributed by atoms with Crippen molar-refractivity contribution in [2.75, 3.05) is 44.8 Å². The fourth-order valence-corrected chi connectivity index (χ4v) is 5.85. The van der Waals surface area contributed by atoms with E-state index in [-0.39, 0.29) is 0 Å². The molecule has 2 N–H and O–H groups in total. The summed E-state index contributed by atoms with van der Waals surface area (Å²) in [6.45, 7) is 6.05. The van der Waals surface area contributed by atoms with E-state index in [1.54, 1.807) is 12.4 Å². The van der Waals surface area contributed by atoms with Crippen LogP contribution in [-0.2, 0) is 22.3 Å². The summed E-state index contributed by atoms with van der Waals surface area (Å²) in [6, 6.07) is 7.50. The molecule has 0 atom stereocenters. The van der Waals surface area contributed by atoms with Crippen LogP contribution in [0.15, 0.2) is 35.5 Å². The molecular formula is C27H30ClN7O3S. The Labute approximate surface area is 235 Å². The number of ether oxygens (including phenoxy) is 2. The number of anilines is 1. The van der Waals surface area contributed by atoms with Crippen LogP contribution < -0.4 is 5.32 Å². The smallest absolute Gasteiger partial charge is 0.413 e. The summed E-state index contributed by atoms with van der Waals surface area (Å²) in [6.07, 6.45) is 6.35. The van der Waals surface area contributed by atoms with Gasteiger partial charge >= 0.3 is 6.09 Å². The van der Waals surface area contributed by atoms with Gasteiger partial charge in [-0.15, -0.1) is 0 Å². The second-order valence-corrected chi connectivity index (χ2v) is 10.4. The van der Waals surface area contributed by atoms with Gasteiger partial charge in [0.05, 0.1) is 45.9 Å². The highest BCUT2D eigenvalue weighted by atomic mass is 35.5. The fourth-order valence-electron chi connectivity index (χ4n) is 4.57. The van der Waals surface area contributed by atoms with Crippen LogP contribution in [0.25, 0.3) is 21.8 Å². The summed E-state index contributed by atoms with van der Waals surface area (Å²) >= 11 is 7.97. The lowest BCUT2D eigenvalue weighted by Gasteiger charge is -2.26. The summed E-state index contributed by atoms with van der Waals surface area (Å²) in [7, 11) is 0. The predicted molar refractivity (Wildman–Crippen MR) is 155 cm³/mol. The molecule has 39 heavy (non-hydrogen) atoms. The number of aromatic nitrogens is 3. The molecule has 3 aromatic rings. The molecule has 12 heteroatoms.